The second kappa shape index (κ2) is 8.02. The fourth-order valence-corrected chi connectivity index (χ4v) is 1.55. The number of carbonyl (C=O) groups excluding carboxylic acids is 2. The highest BCUT2D eigenvalue weighted by atomic mass is 16.2. The van der Waals surface area contributed by atoms with Gasteiger partial charge in [0.1, 0.15) is 0 Å². The zero-order valence-electron chi connectivity index (χ0n) is 11.1. The van der Waals surface area contributed by atoms with Gasteiger partial charge in [-0.2, -0.15) is 0 Å². The number of rotatable bonds is 7. The van der Waals surface area contributed by atoms with E-state index < -0.39 is 0 Å². The van der Waals surface area contributed by atoms with Gasteiger partial charge in [-0.25, -0.2) is 0 Å². The predicted molar refractivity (Wildman–Crippen MR) is 73.2 cm³/mol. The summed E-state index contributed by atoms with van der Waals surface area (Å²) in [5.41, 5.74) is 0.811. The minimum absolute atomic E-state index is 0.0579. The molecule has 0 atom stereocenters. The van der Waals surface area contributed by atoms with Gasteiger partial charge in [0.15, 0.2) is 0 Å². The van der Waals surface area contributed by atoms with Crippen LogP contribution in [0.5, 0.6) is 0 Å². The molecule has 19 heavy (non-hydrogen) atoms. The molecule has 0 unspecified atom stereocenters. The molecule has 0 radical (unpaired) electrons. The van der Waals surface area contributed by atoms with Crippen molar-refractivity contribution in [2.75, 3.05) is 13.1 Å². The molecule has 0 aliphatic carbocycles. The average Bonchev–Trinajstić information content (AvgIpc) is 2.42. The quantitative estimate of drug-likeness (QED) is 0.748. The Morgan fingerprint density at radius 3 is 2.84 bits per heavy atom. The molecule has 0 bridgehead atoms. The van der Waals surface area contributed by atoms with Crippen LogP contribution in [-0.2, 0) is 16.1 Å². The second-order valence-corrected chi connectivity index (χ2v) is 4.10. The Morgan fingerprint density at radius 1 is 1.47 bits per heavy atom. The van der Waals surface area contributed by atoms with Gasteiger partial charge < -0.3 is 10.2 Å². The molecule has 0 aromatic carbocycles. The third kappa shape index (κ3) is 5.81. The molecule has 1 aromatic heterocycles. The Bertz CT molecular complexity index is 432. The smallest absolute Gasteiger partial charge is 0.222 e. The Hall–Kier alpha value is -2.17. The van der Waals surface area contributed by atoms with Crippen LogP contribution in [0.3, 0.4) is 0 Å². The number of carbonyl (C=O) groups is 2. The fourth-order valence-electron chi connectivity index (χ4n) is 1.55. The summed E-state index contributed by atoms with van der Waals surface area (Å²) in [6.45, 7) is 6.33. The maximum Gasteiger partial charge on any atom is 0.222 e. The molecule has 0 aliphatic heterocycles. The van der Waals surface area contributed by atoms with Crippen LogP contribution < -0.4 is 5.32 Å². The Morgan fingerprint density at radius 2 is 2.26 bits per heavy atom. The second-order valence-electron chi connectivity index (χ2n) is 4.10. The summed E-state index contributed by atoms with van der Waals surface area (Å²) in [6.07, 6.45) is 3.61. The van der Waals surface area contributed by atoms with Crippen molar-refractivity contribution in [1.29, 1.82) is 0 Å². The molecule has 2 amide bonds. The molecule has 5 heteroatoms. The van der Waals surface area contributed by atoms with E-state index in [4.69, 9.17) is 0 Å². The van der Waals surface area contributed by atoms with E-state index in [0.717, 1.165) is 5.69 Å². The molecule has 5 nitrogen and oxygen atoms in total. The van der Waals surface area contributed by atoms with Gasteiger partial charge in [0, 0.05) is 32.6 Å². The van der Waals surface area contributed by atoms with Crippen molar-refractivity contribution in [1.82, 2.24) is 15.2 Å². The molecule has 0 saturated carbocycles. The van der Waals surface area contributed by atoms with E-state index in [-0.39, 0.29) is 18.2 Å². The minimum Gasteiger partial charge on any atom is -0.350 e. The number of nitrogens with one attached hydrogen (secondary N) is 1. The van der Waals surface area contributed by atoms with Crippen molar-refractivity contribution in [3.05, 3.63) is 42.7 Å². The lowest BCUT2D eigenvalue weighted by Gasteiger charge is -2.18. The standard InChI is InChI=1S/C14H19N3O2/c1-3-9-17(12(2)18)10-7-14(19)16-11-13-6-4-5-8-15-13/h3-6,8H,1,7,9-11H2,2H3,(H,16,19). The number of hydrogen-bond acceptors (Lipinski definition) is 3. The number of nitrogens with zero attached hydrogens (tertiary/aromatic N) is 2. The highest BCUT2D eigenvalue weighted by molar-refractivity contribution is 5.78. The maximum atomic E-state index is 11.6. The van der Waals surface area contributed by atoms with Crippen LogP contribution >= 0.6 is 0 Å². The lowest BCUT2D eigenvalue weighted by Crippen LogP contribution is -2.33. The van der Waals surface area contributed by atoms with E-state index in [1.54, 1.807) is 17.2 Å². The van der Waals surface area contributed by atoms with Crippen LogP contribution in [0.2, 0.25) is 0 Å². The van der Waals surface area contributed by atoms with Gasteiger partial charge in [0.25, 0.3) is 0 Å². The Kier molecular flexibility index (Phi) is 6.29. The number of pyridine rings is 1. The van der Waals surface area contributed by atoms with Gasteiger partial charge in [0.05, 0.1) is 12.2 Å². The van der Waals surface area contributed by atoms with E-state index in [1.165, 1.54) is 6.92 Å². The van der Waals surface area contributed by atoms with Crippen molar-refractivity contribution in [3.63, 3.8) is 0 Å². The molecule has 1 N–H and O–H groups in total. The van der Waals surface area contributed by atoms with Gasteiger partial charge in [-0.05, 0) is 12.1 Å². The molecular weight excluding hydrogens is 242 g/mol. The highest BCUT2D eigenvalue weighted by Gasteiger charge is 2.09. The van der Waals surface area contributed by atoms with E-state index in [1.807, 2.05) is 18.2 Å². The highest BCUT2D eigenvalue weighted by Crippen LogP contribution is 1.95. The first-order chi connectivity index (χ1) is 9.13. The molecule has 1 heterocycles. The van der Waals surface area contributed by atoms with E-state index in [0.29, 0.717) is 19.6 Å². The SMILES string of the molecule is C=CCN(CCC(=O)NCc1ccccn1)C(C)=O. The van der Waals surface area contributed by atoms with Crippen LogP contribution in [-0.4, -0.2) is 34.8 Å². The third-order valence-corrected chi connectivity index (χ3v) is 2.60. The molecule has 1 aromatic rings. The maximum absolute atomic E-state index is 11.6. The van der Waals surface area contributed by atoms with Crippen LogP contribution in [0, 0.1) is 0 Å². The van der Waals surface area contributed by atoms with E-state index >= 15 is 0 Å². The van der Waals surface area contributed by atoms with Crippen LogP contribution in [0.4, 0.5) is 0 Å². The number of hydrogen-bond donors (Lipinski definition) is 1. The van der Waals surface area contributed by atoms with Gasteiger partial charge in [-0.3, -0.25) is 14.6 Å². The van der Waals surface area contributed by atoms with E-state index in [9.17, 15) is 9.59 Å². The van der Waals surface area contributed by atoms with Crippen molar-refractivity contribution in [3.8, 4) is 0 Å². The Balaban J connectivity index is 2.31. The van der Waals surface area contributed by atoms with E-state index in [2.05, 4.69) is 16.9 Å². The van der Waals surface area contributed by atoms with Gasteiger partial charge in [-0.15, -0.1) is 6.58 Å². The summed E-state index contributed by atoms with van der Waals surface area (Å²) in [6, 6.07) is 5.54. The average molecular weight is 261 g/mol. The van der Waals surface area contributed by atoms with Crippen LogP contribution in [0.15, 0.2) is 37.1 Å². The molecule has 1 rings (SSSR count). The first-order valence-electron chi connectivity index (χ1n) is 6.16. The summed E-state index contributed by atoms with van der Waals surface area (Å²) < 4.78 is 0. The lowest BCUT2D eigenvalue weighted by molar-refractivity contribution is -0.129. The first-order valence-corrected chi connectivity index (χ1v) is 6.16. The molecular formula is C14H19N3O2. The van der Waals surface area contributed by atoms with Gasteiger partial charge in [0.2, 0.25) is 11.8 Å². The molecule has 0 fully saturated rings. The molecule has 0 spiro atoms. The van der Waals surface area contributed by atoms with Crippen LogP contribution in [0.1, 0.15) is 19.0 Å². The Labute approximate surface area is 113 Å². The summed E-state index contributed by atoms with van der Waals surface area (Å²) in [7, 11) is 0. The zero-order valence-corrected chi connectivity index (χ0v) is 11.1. The lowest BCUT2D eigenvalue weighted by atomic mass is 10.3. The van der Waals surface area contributed by atoms with Gasteiger partial charge in [-0.1, -0.05) is 12.1 Å². The van der Waals surface area contributed by atoms with Crippen molar-refractivity contribution in [2.24, 2.45) is 0 Å². The summed E-state index contributed by atoms with van der Waals surface area (Å²) in [5, 5.41) is 2.77. The number of aromatic nitrogens is 1. The van der Waals surface area contributed by atoms with Crippen molar-refractivity contribution < 1.29 is 9.59 Å². The summed E-state index contributed by atoms with van der Waals surface area (Å²) in [4.78, 5) is 28.6. The van der Waals surface area contributed by atoms with Gasteiger partial charge >= 0.3 is 0 Å². The zero-order chi connectivity index (χ0) is 14.1. The fraction of sp³-hybridized carbons (Fsp3) is 0.357. The largest absolute Gasteiger partial charge is 0.350 e. The summed E-state index contributed by atoms with van der Waals surface area (Å²) >= 11 is 0. The number of amides is 2. The molecule has 102 valence electrons. The van der Waals surface area contributed by atoms with Crippen molar-refractivity contribution >= 4 is 11.8 Å². The van der Waals surface area contributed by atoms with Crippen LogP contribution in [0.25, 0.3) is 0 Å². The van der Waals surface area contributed by atoms with Crippen molar-refractivity contribution in [2.45, 2.75) is 19.9 Å². The first kappa shape index (κ1) is 14.9. The normalized spacial score (nSPS) is 9.74. The molecule has 0 saturated heterocycles. The topological polar surface area (TPSA) is 62.3 Å². The third-order valence-electron chi connectivity index (χ3n) is 2.60. The minimum atomic E-state index is -0.0963. The summed E-state index contributed by atoms with van der Waals surface area (Å²) in [5.74, 6) is -0.154. The predicted octanol–water partition coefficient (Wildman–Crippen LogP) is 1.12. The monoisotopic (exact) mass is 261 g/mol. The molecule has 0 aliphatic rings.